The summed E-state index contributed by atoms with van der Waals surface area (Å²) in [6.45, 7) is 0.0241. The first-order valence-electron chi connectivity index (χ1n) is 5.25. The first-order valence-corrected chi connectivity index (χ1v) is 5.25. The molecule has 94 valence electrons. The van der Waals surface area contributed by atoms with Crippen molar-refractivity contribution in [2.75, 3.05) is 23.7 Å². The fraction of sp³-hybridized carbons (Fsp3) is 0.182. The van der Waals surface area contributed by atoms with Gasteiger partial charge in [0.1, 0.15) is 0 Å². The number of amides is 3. The molecule has 0 radical (unpaired) electrons. The topological polar surface area (TPSA) is 119 Å². The molecule has 0 spiro atoms. The summed E-state index contributed by atoms with van der Waals surface area (Å²) in [5.41, 5.74) is 11.8. The molecule has 2 rings (SSSR count). The zero-order valence-corrected chi connectivity index (χ0v) is 9.47. The molecule has 0 unspecified atom stereocenters. The molecule has 7 nitrogen and oxygen atoms in total. The summed E-state index contributed by atoms with van der Waals surface area (Å²) in [4.78, 5) is 35.2. The number of benzene rings is 1. The molecule has 0 bridgehead atoms. The number of anilines is 2. The number of rotatable bonds is 2. The van der Waals surface area contributed by atoms with Crippen LogP contribution in [0.25, 0.3) is 0 Å². The Kier molecular flexibility index (Phi) is 2.88. The van der Waals surface area contributed by atoms with E-state index in [1.54, 1.807) is 12.1 Å². The molecular formula is C11H12N4O3. The molecule has 5 N–H and O–H groups in total. The van der Waals surface area contributed by atoms with E-state index in [1.807, 2.05) is 0 Å². The van der Waals surface area contributed by atoms with Gasteiger partial charge >= 0.3 is 0 Å². The predicted octanol–water partition coefficient (Wildman–Crippen LogP) is -1.17. The van der Waals surface area contributed by atoms with Crippen molar-refractivity contribution in [3.05, 3.63) is 23.8 Å². The van der Waals surface area contributed by atoms with Crippen molar-refractivity contribution in [3.8, 4) is 0 Å². The quantitative estimate of drug-likeness (QED) is 0.450. The number of carbonyl (C=O) groups excluding carboxylic acids is 3. The molecule has 1 heterocycles. The van der Waals surface area contributed by atoms with Crippen molar-refractivity contribution < 1.29 is 14.4 Å². The van der Waals surface area contributed by atoms with E-state index in [1.165, 1.54) is 11.0 Å². The van der Waals surface area contributed by atoms with Gasteiger partial charge in [-0.1, -0.05) is 6.07 Å². The van der Waals surface area contributed by atoms with E-state index in [4.69, 9.17) is 11.5 Å². The Bertz CT molecular complexity index is 525. The minimum atomic E-state index is -0.651. The number of hydrogen-bond donors (Lipinski definition) is 3. The molecule has 7 heteroatoms. The van der Waals surface area contributed by atoms with Gasteiger partial charge < -0.3 is 16.4 Å². The number of primary amides is 1. The highest BCUT2D eigenvalue weighted by atomic mass is 16.2. The van der Waals surface area contributed by atoms with Gasteiger partial charge in [0.25, 0.3) is 5.91 Å². The lowest BCUT2D eigenvalue weighted by molar-refractivity contribution is -0.130. The van der Waals surface area contributed by atoms with E-state index < -0.39 is 17.7 Å². The Morgan fingerprint density at radius 1 is 1.22 bits per heavy atom. The van der Waals surface area contributed by atoms with Crippen LogP contribution in [0.15, 0.2) is 18.2 Å². The molecule has 1 aliphatic heterocycles. The molecule has 1 saturated heterocycles. The third kappa shape index (κ3) is 2.10. The molecular weight excluding hydrogens is 236 g/mol. The lowest BCUT2D eigenvalue weighted by Gasteiger charge is -2.28. The highest BCUT2D eigenvalue weighted by molar-refractivity contribution is 6.05. The van der Waals surface area contributed by atoms with Crippen LogP contribution in [0.1, 0.15) is 10.4 Å². The lowest BCUT2D eigenvalue weighted by Crippen LogP contribution is -2.51. The highest BCUT2D eigenvalue weighted by Crippen LogP contribution is 2.26. The van der Waals surface area contributed by atoms with Crippen LogP contribution in [-0.2, 0) is 9.59 Å². The summed E-state index contributed by atoms with van der Waals surface area (Å²) in [5, 5.41) is 2.18. The van der Waals surface area contributed by atoms with Crippen molar-refractivity contribution in [3.63, 3.8) is 0 Å². The van der Waals surface area contributed by atoms with Crippen LogP contribution in [0.3, 0.4) is 0 Å². The fourth-order valence-corrected chi connectivity index (χ4v) is 1.85. The lowest BCUT2D eigenvalue weighted by atomic mass is 10.1. The number of piperazine rings is 1. The first kappa shape index (κ1) is 11.9. The number of hydrogen-bond acceptors (Lipinski definition) is 5. The van der Waals surface area contributed by atoms with Crippen LogP contribution in [0.5, 0.6) is 0 Å². The average molecular weight is 248 g/mol. The van der Waals surface area contributed by atoms with E-state index >= 15 is 0 Å². The minimum absolute atomic E-state index is 0.0121. The first-order chi connectivity index (χ1) is 8.49. The minimum Gasteiger partial charge on any atom is -0.396 e. The van der Waals surface area contributed by atoms with Gasteiger partial charge in [0, 0.05) is 0 Å². The highest BCUT2D eigenvalue weighted by Gasteiger charge is 2.24. The van der Waals surface area contributed by atoms with Crippen molar-refractivity contribution in [1.29, 1.82) is 0 Å². The number of nitrogens with zero attached hydrogens (tertiary/aromatic N) is 1. The van der Waals surface area contributed by atoms with E-state index in [-0.39, 0.29) is 24.3 Å². The van der Waals surface area contributed by atoms with Crippen LogP contribution in [0.2, 0.25) is 0 Å². The Morgan fingerprint density at radius 2 is 1.83 bits per heavy atom. The van der Waals surface area contributed by atoms with Gasteiger partial charge in [0.2, 0.25) is 11.8 Å². The van der Waals surface area contributed by atoms with Gasteiger partial charge in [0.15, 0.2) is 0 Å². The van der Waals surface area contributed by atoms with Gasteiger partial charge in [-0.2, -0.15) is 0 Å². The molecule has 18 heavy (non-hydrogen) atoms. The Hall–Kier alpha value is -2.57. The van der Waals surface area contributed by atoms with E-state index in [0.717, 1.165) is 0 Å². The third-order valence-corrected chi connectivity index (χ3v) is 2.64. The van der Waals surface area contributed by atoms with Gasteiger partial charge in [-0.3, -0.25) is 19.7 Å². The largest absolute Gasteiger partial charge is 0.396 e. The maximum atomic E-state index is 11.3. The predicted molar refractivity (Wildman–Crippen MR) is 64.7 cm³/mol. The molecule has 0 atom stereocenters. The molecule has 0 aliphatic carbocycles. The van der Waals surface area contributed by atoms with Crippen LogP contribution in [0, 0.1) is 0 Å². The number of nitrogens with two attached hydrogens (primary N) is 2. The van der Waals surface area contributed by atoms with Crippen LogP contribution >= 0.6 is 0 Å². The third-order valence-electron chi connectivity index (χ3n) is 2.64. The second-order valence-corrected chi connectivity index (χ2v) is 3.93. The summed E-state index contributed by atoms with van der Waals surface area (Å²) in [6, 6.07) is 4.73. The Morgan fingerprint density at radius 3 is 2.39 bits per heavy atom. The second-order valence-electron chi connectivity index (χ2n) is 3.93. The molecule has 3 amide bonds. The zero-order valence-electron chi connectivity index (χ0n) is 9.47. The number of para-hydroxylation sites is 1. The van der Waals surface area contributed by atoms with Crippen LogP contribution < -0.4 is 21.7 Å². The van der Waals surface area contributed by atoms with E-state index in [9.17, 15) is 14.4 Å². The molecule has 1 aromatic rings. The summed E-state index contributed by atoms with van der Waals surface area (Å²) in [5.74, 6) is -1.47. The zero-order chi connectivity index (χ0) is 13.3. The maximum Gasteiger partial charge on any atom is 0.250 e. The van der Waals surface area contributed by atoms with Crippen LogP contribution in [-0.4, -0.2) is 30.8 Å². The smallest absolute Gasteiger partial charge is 0.250 e. The second kappa shape index (κ2) is 4.36. The molecule has 1 fully saturated rings. The normalized spacial score (nSPS) is 15.4. The fourth-order valence-electron chi connectivity index (χ4n) is 1.85. The molecule has 0 saturated carbocycles. The SMILES string of the molecule is NC(=O)c1cccc(N2CC(=O)NC(=O)C2)c1N. The Labute approximate surface area is 103 Å². The number of carbonyl (C=O) groups is 3. The van der Waals surface area contributed by atoms with Crippen molar-refractivity contribution in [2.45, 2.75) is 0 Å². The number of nitrogen functional groups attached to an aromatic ring is 1. The van der Waals surface area contributed by atoms with Crippen molar-refractivity contribution in [2.24, 2.45) is 5.73 Å². The summed E-state index contributed by atoms with van der Waals surface area (Å²) in [6.07, 6.45) is 0. The standard InChI is InChI=1S/C11H12N4O3/c12-10-6(11(13)18)2-1-3-7(10)15-4-8(16)14-9(17)5-15/h1-3H,4-5,12H2,(H2,13,18)(H,14,16,17). The molecule has 1 aromatic carbocycles. The molecule has 0 aromatic heterocycles. The number of nitrogens with one attached hydrogen (secondary N) is 1. The Balaban J connectivity index is 2.39. The van der Waals surface area contributed by atoms with Crippen molar-refractivity contribution >= 4 is 29.1 Å². The summed E-state index contributed by atoms with van der Waals surface area (Å²) in [7, 11) is 0. The van der Waals surface area contributed by atoms with E-state index in [0.29, 0.717) is 5.69 Å². The van der Waals surface area contributed by atoms with Crippen LogP contribution in [0.4, 0.5) is 11.4 Å². The maximum absolute atomic E-state index is 11.3. The average Bonchev–Trinajstić information content (AvgIpc) is 2.27. The van der Waals surface area contributed by atoms with Gasteiger partial charge in [0.05, 0.1) is 30.0 Å². The molecule has 1 aliphatic rings. The summed E-state index contributed by atoms with van der Waals surface area (Å²) >= 11 is 0. The van der Waals surface area contributed by atoms with Gasteiger partial charge in [-0.15, -0.1) is 0 Å². The monoisotopic (exact) mass is 248 g/mol. The van der Waals surface area contributed by atoms with Crippen molar-refractivity contribution in [1.82, 2.24) is 5.32 Å². The van der Waals surface area contributed by atoms with E-state index in [2.05, 4.69) is 5.32 Å². The number of imide groups is 1. The summed E-state index contributed by atoms with van der Waals surface area (Å²) < 4.78 is 0. The van der Waals surface area contributed by atoms with Gasteiger partial charge in [-0.05, 0) is 12.1 Å². The van der Waals surface area contributed by atoms with Gasteiger partial charge in [-0.25, -0.2) is 0 Å².